The summed E-state index contributed by atoms with van der Waals surface area (Å²) in [7, 11) is 0. The zero-order valence-corrected chi connectivity index (χ0v) is 22.0. The molecule has 0 unspecified atom stereocenters. The summed E-state index contributed by atoms with van der Waals surface area (Å²) in [6, 6.07) is 10.2. The molecule has 2 N–H and O–H groups in total. The quantitative estimate of drug-likeness (QED) is 0.181. The summed E-state index contributed by atoms with van der Waals surface area (Å²) in [4.78, 5) is 24.3. The molecule has 0 fully saturated rings. The maximum absolute atomic E-state index is 12.1. The topological polar surface area (TPSA) is 82.9 Å². The molecule has 0 atom stereocenters. The van der Waals surface area contributed by atoms with E-state index < -0.39 is 0 Å². The molecule has 0 aliphatic carbocycles. The van der Waals surface area contributed by atoms with Crippen molar-refractivity contribution in [2.45, 2.75) is 52.4 Å². The third-order valence-corrected chi connectivity index (χ3v) is 5.94. The van der Waals surface area contributed by atoms with Gasteiger partial charge in [-0.05, 0) is 49.9 Å². The first-order valence-corrected chi connectivity index (χ1v) is 12.4. The number of nitrogens with zero attached hydrogens (tertiary/aromatic N) is 2. The van der Waals surface area contributed by atoms with Crippen LogP contribution in [-0.2, 0) is 9.59 Å². The highest BCUT2D eigenvalue weighted by Crippen LogP contribution is 2.23. The number of hydrazone groups is 2. The fourth-order valence-electron chi connectivity index (χ4n) is 3.05. The van der Waals surface area contributed by atoms with E-state index in [9.17, 15) is 9.59 Å². The van der Waals surface area contributed by atoms with Crippen molar-refractivity contribution in [2.75, 3.05) is 0 Å². The van der Waals surface area contributed by atoms with Gasteiger partial charge in [0.2, 0.25) is 11.8 Å². The molecule has 34 heavy (non-hydrogen) atoms. The number of carbonyl (C=O) groups is 2. The van der Waals surface area contributed by atoms with Crippen molar-refractivity contribution in [1.29, 1.82) is 0 Å². The van der Waals surface area contributed by atoms with Crippen LogP contribution in [0.25, 0.3) is 0 Å². The van der Waals surface area contributed by atoms with Crippen LogP contribution in [0.4, 0.5) is 0 Å². The molecule has 2 aromatic carbocycles. The number of rotatable bonds is 11. The van der Waals surface area contributed by atoms with Crippen LogP contribution in [0.3, 0.4) is 0 Å². The van der Waals surface area contributed by atoms with Crippen LogP contribution in [0.5, 0.6) is 0 Å². The van der Waals surface area contributed by atoms with Crippen LogP contribution in [0.2, 0.25) is 20.1 Å². The molecule has 0 radical (unpaired) electrons. The van der Waals surface area contributed by atoms with Crippen molar-refractivity contribution in [1.82, 2.24) is 10.9 Å². The Morgan fingerprint density at radius 1 is 0.706 bits per heavy atom. The van der Waals surface area contributed by atoms with E-state index in [-0.39, 0.29) is 24.7 Å². The van der Waals surface area contributed by atoms with Gasteiger partial charge < -0.3 is 0 Å². The molecule has 2 rings (SSSR count). The zero-order chi connectivity index (χ0) is 25.1. The summed E-state index contributed by atoms with van der Waals surface area (Å²) >= 11 is 24.3. The summed E-state index contributed by atoms with van der Waals surface area (Å²) in [6.07, 6.45) is 2.72. The van der Waals surface area contributed by atoms with Gasteiger partial charge in [-0.1, -0.05) is 72.4 Å². The Hall–Kier alpha value is -2.12. The molecule has 0 saturated carbocycles. The van der Waals surface area contributed by atoms with Crippen LogP contribution < -0.4 is 10.9 Å². The van der Waals surface area contributed by atoms with E-state index in [1.165, 1.54) is 0 Å². The SMILES string of the molecule is CC/C(=N\NC(=O)CCCCC(=O)N/N=C(\CC)c1ccc(Cl)cc1Cl)c1ccc(Cl)cc1Cl. The van der Waals surface area contributed by atoms with Gasteiger partial charge in [-0.3, -0.25) is 9.59 Å². The second-order valence-electron chi connectivity index (χ2n) is 7.35. The Morgan fingerprint density at radius 2 is 1.09 bits per heavy atom. The van der Waals surface area contributed by atoms with Gasteiger partial charge in [-0.15, -0.1) is 0 Å². The van der Waals surface area contributed by atoms with Crippen molar-refractivity contribution < 1.29 is 9.59 Å². The third-order valence-electron chi connectivity index (χ3n) is 4.84. The van der Waals surface area contributed by atoms with Gasteiger partial charge >= 0.3 is 0 Å². The van der Waals surface area contributed by atoms with Crippen molar-refractivity contribution in [3.05, 3.63) is 67.6 Å². The average Bonchev–Trinajstić information content (AvgIpc) is 2.79. The van der Waals surface area contributed by atoms with Crippen molar-refractivity contribution in [2.24, 2.45) is 10.2 Å². The molecule has 2 aromatic rings. The van der Waals surface area contributed by atoms with Gasteiger partial charge in [0.15, 0.2) is 0 Å². The minimum absolute atomic E-state index is 0.236. The first kappa shape index (κ1) is 28.1. The van der Waals surface area contributed by atoms with Gasteiger partial charge in [0, 0.05) is 34.0 Å². The van der Waals surface area contributed by atoms with Crippen molar-refractivity contribution >= 4 is 69.6 Å². The smallest absolute Gasteiger partial charge is 0.240 e. The molecule has 0 aliphatic heterocycles. The maximum atomic E-state index is 12.1. The summed E-state index contributed by atoms with van der Waals surface area (Å²) in [6.45, 7) is 3.84. The first-order chi connectivity index (χ1) is 16.2. The van der Waals surface area contributed by atoms with Crippen LogP contribution in [0.1, 0.15) is 63.5 Å². The van der Waals surface area contributed by atoms with E-state index in [0.717, 1.165) is 11.1 Å². The fourth-order valence-corrected chi connectivity index (χ4v) is 4.08. The predicted octanol–water partition coefficient (Wildman–Crippen LogP) is 7.02. The Bertz CT molecular complexity index is 1000. The fraction of sp³-hybridized carbons (Fsp3) is 0.333. The Kier molecular flexibility index (Phi) is 11.8. The summed E-state index contributed by atoms with van der Waals surface area (Å²) in [5.41, 5.74) is 7.85. The van der Waals surface area contributed by atoms with Gasteiger partial charge in [0.25, 0.3) is 0 Å². The lowest BCUT2D eigenvalue weighted by molar-refractivity contribution is -0.123. The van der Waals surface area contributed by atoms with Crippen LogP contribution >= 0.6 is 46.4 Å². The van der Waals surface area contributed by atoms with Crippen LogP contribution in [0, 0.1) is 0 Å². The average molecular weight is 544 g/mol. The number of amides is 2. The summed E-state index contributed by atoms with van der Waals surface area (Å²) < 4.78 is 0. The second kappa shape index (κ2) is 14.3. The highest BCUT2D eigenvalue weighted by atomic mass is 35.5. The van der Waals surface area contributed by atoms with Gasteiger partial charge in [-0.25, -0.2) is 10.9 Å². The summed E-state index contributed by atoms with van der Waals surface area (Å²) in [5, 5.41) is 10.4. The Labute approximate surface area is 219 Å². The van der Waals surface area contributed by atoms with Crippen molar-refractivity contribution in [3.63, 3.8) is 0 Å². The Morgan fingerprint density at radius 3 is 1.41 bits per heavy atom. The lowest BCUT2D eigenvalue weighted by Crippen LogP contribution is -2.21. The molecule has 0 heterocycles. The van der Waals surface area contributed by atoms with Crippen LogP contribution in [0.15, 0.2) is 46.6 Å². The highest BCUT2D eigenvalue weighted by Gasteiger charge is 2.10. The molecule has 0 bridgehead atoms. The van der Waals surface area contributed by atoms with E-state index in [1.807, 2.05) is 13.8 Å². The largest absolute Gasteiger partial charge is 0.273 e. The highest BCUT2D eigenvalue weighted by molar-refractivity contribution is 6.37. The Balaban J connectivity index is 1.78. The van der Waals surface area contributed by atoms with Crippen molar-refractivity contribution in [3.8, 4) is 0 Å². The minimum Gasteiger partial charge on any atom is -0.273 e. The molecule has 0 spiro atoms. The first-order valence-electron chi connectivity index (χ1n) is 10.9. The van der Waals surface area contributed by atoms with Gasteiger partial charge in [0.1, 0.15) is 0 Å². The molecule has 182 valence electrons. The van der Waals surface area contributed by atoms with E-state index >= 15 is 0 Å². The molecule has 10 heteroatoms. The number of nitrogens with one attached hydrogen (secondary N) is 2. The number of benzene rings is 2. The van der Waals surface area contributed by atoms with E-state index in [0.29, 0.717) is 57.2 Å². The zero-order valence-electron chi connectivity index (χ0n) is 18.9. The van der Waals surface area contributed by atoms with E-state index in [1.54, 1.807) is 36.4 Å². The third kappa shape index (κ3) is 8.91. The molecule has 0 saturated heterocycles. The monoisotopic (exact) mass is 542 g/mol. The molecule has 2 amide bonds. The molecule has 6 nitrogen and oxygen atoms in total. The summed E-state index contributed by atoms with van der Waals surface area (Å²) in [5.74, 6) is -0.472. The number of hydrogen-bond acceptors (Lipinski definition) is 4. The second-order valence-corrected chi connectivity index (χ2v) is 9.04. The molecular formula is C24H26Cl4N4O2. The number of carbonyl (C=O) groups excluding carboxylic acids is 2. The van der Waals surface area contributed by atoms with E-state index in [2.05, 4.69) is 21.1 Å². The standard InChI is InChI=1S/C24H26Cl4N4O2/c1-3-21(17-11-9-15(25)13-19(17)27)29-31-23(33)7-5-6-8-24(34)32-30-22(4-2)18-12-10-16(26)14-20(18)28/h9-14H,3-8H2,1-2H3,(H,31,33)(H,32,34)/b29-21+,30-22+. The van der Waals surface area contributed by atoms with Gasteiger partial charge in [0.05, 0.1) is 21.5 Å². The number of hydrogen-bond donors (Lipinski definition) is 2. The molecular weight excluding hydrogens is 518 g/mol. The normalized spacial score (nSPS) is 11.9. The van der Waals surface area contributed by atoms with Crippen LogP contribution in [-0.4, -0.2) is 23.2 Å². The lowest BCUT2D eigenvalue weighted by Gasteiger charge is -2.08. The minimum atomic E-state index is -0.236. The molecule has 0 aliphatic rings. The maximum Gasteiger partial charge on any atom is 0.240 e. The predicted molar refractivity (Wildman–Crippen MR) is 141 cm³/mol. The van der Waals surface area contributed by atoms with E-state index in [4.69, 9.17) is 46.4 Å². The van der Waals surface area contributed by atoms with Gasteiger partial charge in [-0.2, -0.15) is 10.2 Å². The molecule has 0 aromatic heterocycles. The number of unbranched alkanes of at least 4 members (excludes halogenated alkanes) is 1. The number of halogens is 4. The lowest BCUT2D eigenvalue weighted by atomic mass is 10.1.